The highest BCUT2D eigenvalue weighted by molar-refractivity contribution is 6.32. The first-order chi connectivity index (χ1) is 9.88. The molecule has 1 rings (SSSR count). The van der Waals surface area contributed by atoms with Gasteiger partial charge in [-0.05, 0) is 37.0 Å². The Kier molecular flexibility index (Phi) is 7.23. The van der Waals surface area contributed by atoms with Gasteiger partial charge in [-0.1, -0.05) is 31.5 Å². The van der Waals surface area contributed by atoms with Crippen molar-refractivity contribution < 1.29 is 19.1 Å². The average Bonchev–Trinajstić information content (AvgIpc) is 2.40. The number of hydrogen-bond acceptors (Lipinski definition) is 4. The van der Waals surface area contributed by atoms with Crippen LogP contribution in [0.1, 0.15) is 38.7 Å². The van der Waals surface area contributed by atoms with Crippen molar-refractivity contribution in [3.8, 4) is 5.75 Å². The number of hydrogen-bond donors (Lipinski definition) is 0. The van der Waals surface area contributed by atoms with Crippen molar-refractivity contribution in [1.29, 1.82) is 0 Å². The van der Waals surface area contributed by atoms with Crippen molar-refractivity contribution in [1.82, 2.24) is 0 Å². The number of aryl methyl sites for hydroxylation is 1. The van der Waals surface area contributed by atoms with Gasteiger partial charge in [-0.15, -0.1) is 0 Å². The number of ether oxygens (including phenoxy) is 2. The molecule has 0 saturated carbocycles. The molecule has 0 aliphatic heterocycles. The lowest BCUT2D eigenvalue weighted by Crippen LogP contribution is -2.12. The minimum Gasteiger partial charge on any atom is -0.465 e. The summed E-state index contributed by atoms with van der Waals surface area (Å²) in [4.78, 5) is 23.1. The minimum atomic E-state index is -0.404. The van der Waals surface area contributed by atoms with Crippen LogP contribution in [0.5, 0.6) is 5.75 Å². The van der Waals surface area contributed by atoms with Crippen LogP contribution in [0.3, 0.4) is 0 Å². The first-order valence-electron chi connectivity index (χ1n) is 7.01. The third-order valence-electron chi connectivity index (χ3n) is 2.65. The zero-order valence-electron chi connectivity index (χ0n) is 12.6. The van der Waals surface area contributed by atoms with Crippen molar-refractivity contribution >= 4 is 23.5 Å². The second kappa shape index (κ2) is 8.67. The molecular weight excluding hydrogens is 292 g/mol. The molecule has 0 amide bonds. The van der Waals surface area contributed by atoms with Crippen LogP contribution < -0.4 is 4.74 Å². The van der Waals surface area contributed by atoms with E-state index < -0.39 is 5.97 Å². The Morgan fingerprint density at radius 3 is 2.52 bits per heavy atom. The van der Waals surface area contributed by atoms with E-state index in [1.165, 1.54) is 0 Å². The normalized spacial score (nSPS) is 10.5. The Balaban J connectivity index is 2.31. The van der Waals surface area contributed by atoms with E-state index in [4.69, 9.17) is 21.1 Å². The van der Waals surface area contributed by atoms with Gasteiger partial charge in [0.25, 0.3) is 0 Å². The SMILES string of the molecule is Cc1ccc(Cl)c(OC(=O)CCCC(=O)OCC(C)C)c1. The minimum absolute atomic E-state index is 0.154. The van der Waals surface area contributed by atoms with E-state index in [2.05, 4.69) is 0 Å². The maximum Gasteiger partial charge on any atom is 0.311 e. The number of esters is 2. The number of carbonyl (C=O) groups excluding carboxylic acids is 2. The third-order valence-corrected chi connectivity index (χ3v) is 2.96. The first kappa shape index (κ1) is 17.5. The summed E-state index contributed by atoms with van der Waals surface area (Å²) in [7, 11) is 0. The van der Waals surface area contributed by atoms with Gasteiger partial charge in [-0.2, -0.15) is 0 Å². The number of halogens is 1. The molecule has 0 fully saturated rings. The monoisotopic (exact) mass is 312 g/mol. The highest BCUT2D eigenvalue weighted by Crippen LogP contribution is 2.25. The molecular formula is C16H21ClO4. The van der Waals surface area contributed by atoms with Gasteiger partial charge >= 0.3 is 11.9 Å². The molecule has 116 valence electrons. The van der Waals surface area contributed by atoms with E-state index in [0.717, 1.165) is 5.56 Å². The fourth-order valence-electron chi connectivity index (χ4n) is 1.57. The van der Waals surface area contributed by atoms with E-state index in [-0.39, 0.29) is 18.8 Å². The average molecular weight is 313 g/mol. The molecule has 5 heteroatoms. The van der Waals surface area contributed by atoms with Crippen LogP contribution in [0.25, 0.3) is 0 Å². The molecule has 0 spiro atoms. The molecule has 4 nitrogen and oxygen atoms in total. The molecule has 0 bridgehead atoms. The third kappa shape index (κ3) is 7.14. The molecule has 0 unspecified atom stereocenters. The smallest absolute Gasteiger partial charge is 0.311 e. The van der Waals surface area contributed by atoms with Crippen molar-refractivity contribution in [3.63, 3.8) is 0 Å². The molecule has 0 aliphatic rings. The maximum absolute atomic E-state index is 11.7. The second-order valence-electron chi connectivity index (χ2n) is 5.34. The highest BCUT2D eigenvalue weighted by Gasteiger charge is 2.11. The lowest BCUT2D eigenvalue weighted by molar-refractivity contribution is -0.145. The molecule has 21 heavy (non-hydrogen) atoms. The summed E-state index contributed by atoms with van der Waals surface area (Å²) in [5.74, 6) is -0.0318. The fraction of sp³-hybridized carbons (Fsp3) is 0.500. The van der Waals surface area contributed by atoms with Crippen molar-refractivity contribution in [2.75, 3.05) is 6.61 Å². The lowest BCUT2D eigenvalue weighted by Gasteiger charge is -2.08. The van der Waals surface area contributed by atoms with Gasteiger partial charge in [0.15, 0.2) is 0 Å². The Labute approximate surface area is 130 Å². The Bertz CT molecular complexity index is 497. The Morgan fingerprint density at radius 1 is 1.19 bits per heavy atom. The molecule has 0 heterocycles. The highest BCUT2D eigenvalue weighted by atomic mass is 35.5. The summed E-state index contributed by atoms with van der Waals surface area (Å²) in [5, 5.41) is 0.394. The number of benzene rings is 1. The Hall–Kier alpha value is -1.55. The van der Waals surface area contributed by atoms with Gasteiger partial charge in [0, 0.05) is 12.8 Å². The molecule has 0 atom stereocenters. The summed E-state index contributed by atoms with van der Waals surface area (Å²) >= 11 is 5.94. The number of carbonyl (C=O) groups is 2. The van der Waals surface area contributed by atoms with Gasteiger partial charge in [0.05, 0.1) is 11.6 Å². The van der Waals surface area contributed by atoms with Crippen LogP contribution in [-0.2, 0) is 14.3 Å². The van der Waals surface area contributed by atoms with Crippen molar-refractivity contribution in [2.24, 2.45) is 5.92 Å². The second-order valence-corrected chi connectivity index (χ2v) is 5.75. The van der Waals surface area contributed by atoms with Crippen LogP contribution in [0, 0.1) is 12.8 Å². The van der Waals surface area contributed by atoms with E-state index in [1.807, 2.05) is 26.8 Å². The van der Waals surface area contributed by atoms with Crippen LogP contribution >= 0.6 is 11.6 Å². The van der Waals surface area contributed by atoms with Gasteiger partial charge in [0.2, 0.25) is 0 Å². The topological polar surface area (TPSA) is 52.6 Å². The summed E-state index contributed by atoms with van der Waals surface area (Å²) in [6, 6.07) is 5.23. The van der Waals surface area contributed by atoms with Gasteiger partial charge in [-0.3, -0.25) is 9.59 Å². The summed E-state index contributed by atoms with van der Waals surface area (Å²) in [6.07, 6.45) is 0.767. The Morgan fingerprint density at radius 2 is 1.86 bits per heavy atom. The zero-order chi connectivity index (χ0) is 15.8. The standard InChI is InChI=1S/C16H21ClO4/c1-11(2)10-20-15(18)5-4-6-16(19)21-14-9-12(3)7-8-13(14)17/h7-9,11H,4-6,10H2,1-3H3. The lowest BCUT2D eigenvalue weighted by atomic mass is 10.2. The fourth-order valence-corrected chi connectivity index (χ4v) is 1.73. The molecule has 0 N–H and O–H groups in total. The van der Waals surface area contributed by atoms with Crippen LogP contribution in [-0.4, -0.2) is 18.5 Å². The molecule has 0 aromatic heterocycles. The zero-order valence-corrected chi connectivity index (χ0v) is 13.4. The summed E-state index contributed by atoms with van der Waals surface area (Å²) < 4.78 is 10.2. The maximum atomic E-state index is 11.7. The predicted molar refractivity (Wildman–Crippen MR) is 81.5 cm³/mol. The summed E-state index contributed by atoms with van der Waals surface area (Å²) in [5.41, 5.74) is 0.958. The molecule has 1 aromatic rings. The van der Waals surface area contributed by atoms with Crippen molar-refractivity contribution in [2.45, 2.75) is 40.0 Å². The predicted octanol–water partition coefficient (Wildman–Crippen LogP) is 3.92. The van der Waals surface area contributed by atoms with E-state index in [1.54, 1.807) is 12.1 Å². The molecule has 1 aromatic carbocycles. The number of rotatable bonds is 7. The van der Waals surface area contributed by atoms with Crippen molar-refractivity contribution in [3.05, 3.63) is 28.8 Å². The molecule has 0 radical (unpaired) electrons. The largest absolute Gasteiger partial charge is 0.465 e. The van der Waals surface area contributed by atoms with Gasteiger partial charge < -0.3 is 9.47 Å². The van der Waals surface area contributed by atoms with Gasteiger partial charge in [0.1, 0.15) is 5.75 Å². The van der Waals surface area contributed by atoms with E-state index >= 15 is 0 Å². The van der Waals surface area contributed by atoms with Crippen LogP contribution in [0.4, 0.5) is 0 Å². The molecule has 0 aliphatic carbocycles. The first-order valence-corrected chi connectivity index (χ1v) is 7.38. The van der Waals surface area contributed by atoms with Crippen LogP contribution in [0.15, 0.2) is 18.2 Å². The van der Waals surface area contributed by atoms with Gasteiger partial charge in [-0.25, -0.2) is 0 Å². The van der Waals surface area contributed by atoms with E-state index in [0.29, 0.717) is 29.7 Å². The molecule has 0 saturated heterocycles. The van der Waals surface area contributed by atoms with E-state index in [9.17, 15) is 9.59 Å². The summed E-state index contributed by atoms with van der Waals surface area (Å²) in [6.45, 7) is 6.23. The quantitative estimate of drug-likeness (QED) is 0.565. The van der Waals surface area contributed by atoms with Crippen LogP contribution in [0.2, 0.25) is 5.02 Å².